The lowest BCUT2D eigenvalue weighted by molar-refractivity contribution is 0.0690. The molecule has 4 heteroatoms. The summed E-state index contributed by atoms with van der Waals surface area (Å²) in [4.78, 5) is 7.08. The summed E-state index contributed by atoms with van der Waals surface area (Å²) in [5.74, 6) is 5.18. The lowest BCUT2D eigenvalue weighted by Gasteiger charge is -2.18. The van der Waals surface area contributed by atoms with Gasteiger partial charge in [0, 0.05) is 23.8 Å². The SMILES string of the molecule is Cc1ccc(N2CCC(ON)C2)cc1Cl. The van der Waals surface area contributed by atoms with Crippen LogP contribution in [0.25, 0.3) is 0 Å². The maximum absolute atomic E-state index is 6.08. The Hall–Kier alpha value is -0.770. The minimum absolute atomic E-state index is 0.144. The molecule has 1 aliphatic rings. The largest absolute Gasteiger partial charge is 0.369 e. The van der Waals surface area contributed by atoms with Gasteiger partial charge in [-0.05, 0) is 31.0 Å². The van der Waals surface area contributed by atoms with E-state index in [-0.39, 0.29) is 6.10 Å². The van der Waals surface area contributed by atoms with Gasteiger partial charge >= 0.3 is 0 Å². The van der Waals surface area contributed by atoms with Crippen molar-refractivity contribution in [1.29, 1.82) is 0 Å². The van der Waals surface area contributed by atoms with Gasteiger partial charge in [-0.2, -0.15) is 0 Å². The van der Waals surface area contributed by atoms with Crippen LogP contribution < -0.4 is 10.8 Å². The first-order valence-electron chi connectivity index (χ1n) is 5.07. The van der Waals surface area contributed by atoms with Crippen LogP contribution in [-0.4, -0.2) is 19.2 Å². The van der Waals surface area contributed by atoms with Crippen molar-refractivity contribution in [3.05, 3.63) is 28.8 Å². The molecule has 15 heavy (non-hydrogen) atoms. The van der Waals surface area contributed by atoms with E-state index in [1.807, 2.05) is 19.1 Å². The lowest BCUT2D eigenvalue weighted by Crippen LogP contribution is -2.24. The molecule has 0 amide bonds. The zero-order chi connectivity index (χ0) is 10.8. The highest BCUT2D eigenvalue weighted by Gasteiger charge is 2.22. The van der Waals surface area contributed by atoms with Crippen molar-refractivity contribution in [2.24, 2.45) is 5.90 Å². The Morgan fingerprint density at radius 2 is 2.33 bits per heavy atom. The molecular formula is C11H15ClN2O. The van der Waals surface area contributed by atoms with Crippen molar-refractivity contribution >= 4 is 17.3 Å². The molecule has 1 aliphatic heterocycles. The fourth-order valence-corrected chi connectivity index (χ4v) is 2.03. The van der Waals surface area contributed by atoms with Crippen LogP contribution in [0.3, 0.4) is 0 Å². The normalized spacial score (nSPS) is 21.0. The van der Waals surface area contributed by atoms with E-state index in [2.05, 4.69) is 11.0 Å². The summed E-state index contributed by atoms with van der Waals surface area (Å²) in [6, 6.07) is 6.12. The number of hydrogen-bond donors (Lipinski definition) is 1. The van der Waals surface area contributed by atoms with Crippen LogP contribution >= 0.6 is 11.6 Å². The summed E-state index contributed by atoms with van der Waals surface area (Å²) < 4.78 is 0. The highest BCUT2D eigenvalue weighted by Crippen LogP contribution is 2.26. The van der Waals surface area contributed by atoms with Gasteiger partial charge in [-0.3, -0.25) is 4.84 Å². The second kappa shape index (κ2) is 4.39. The first-order valence-corrected chi connectivity index (χ1v) is 5.45. The van der Waals surface area contributed by atoms with Crippen LogP contribution in [0, 0.1) is 6.92 Å². The zero-order valence-electron chi connectivity index (χ0n) is 8.74. The van der Waals surface area contributed by atoms with Gasteiger partial charge in [0.1, 0.15) is 0 Å². The van der Waals surface area contributed by atoms with Gasteiger partial charge in [-0.1, -0.05) is 17.7 Å². The van der Waals surface area contributed by atoms with Crippen LogP contribution in [0.2, 0.25) is 5.02 Å². The van der Waals surface area contributed by atoms with Crippen molar-refractivity contribution in [1.82, 2.24) is 0 Å². The van der Waals surface area contributed by atoms with Gasteiger partial charge in [-0.25, -0.2) is 5.90 Å². The summed E-state index contributed by atoms with van der Waals surface area (Å²) in [6.07, 6.45) is 1.12. The number of rotatable bonds is 2. The Balaban J connectivity index is 2.13. The van der Waals surface area contributed by atoms with E-state index in [1.54, 1.807) is 0 Å². The zero-order valence-corrected chi connectivity index (χ0v) is 9.50. The summed E-state index contributed by atoms with van der Waals surface area (Å²) >= 11 is 6.08. The van der Waals surface area contributed by atoms with E-state index in [0.29, 0.717) is 0 Å². The standard InChI is InChI=1S/C11H15ClN2O/c1-8-2-3-9(6-11(8)12)14-5-4-10(7-14)15-13/h2-3,6,10H,4-5,7,13H2,1H3. The summed E-state index contributed by atoms with van der Waals surface area (Å²) in [7, 11) is 0. The van der Waals surface area contributed by atoms with Crippen LogP contribution in [0.4, 0.5) is 5.69 Å². The third-order valence-electron chi connectivity index (χ3n) is 2.86. The van der Waals surface area contributed by atoms with Gasteiger partial charge < -0.3 is 4.90 Å². The molecule has 0 aliphatic carbocycles. The van der Waals surface area contributed by atoms with E-state index >= 15 is 0 Å². The Morgan fingerprint density at radius 1 is 1.53 bits per heavy atom. The number of anilines is 1. The summed E-state index contributed by atoms with van der Waals surface area (Å²) in [5.41, 5.74) is 2.25. The van der Waals surface area contributed by atoms with Gasteiger partial charge in [0.05, 0.1) is 6.10 Å². The summed E-state index contributed by atoms with van der Waals surface area (Å²) in [5, 5.41) is 0.810. The molecule has 1 unspecified atom stereocenters. The minimum atomic E-state index is 0.144. The molecule has 82 valence electrons. The number of nitrogens with two attached hydrogens (primary N) is 1. The van der Waals surface area contributed by atoms with E-state index in [9.17, 15) is 0 Å². The lowest BCUT2D eigenvalue weighted by atomic mass is 10.2. The van der Waals surface area contributed by atoms with Crippen LogP contribution in [0.5, 0.6) is 0 Å². The number of benzene rings is 1. The Bertz CT molecular complexity index is 356. The molecular weight excluding hydrogens is 212 g/mol. The molecule has 2 rings (SSSR count). The van der Waals surface area contributed by atoms with Gasteiger partial charge in [0.25, 0.3) is 0 Å². The van der Waals surface area contributed by atoms with Gasteiger partial charge in [-0.15, -0.1) is 0 Å². The molecule has 0 aromatic heterocycles. The topological polar surface area (TPSA) is 38.5 Å². The second-order valence-corrected chi connectivity index (χ2v) is 4.33. The molecule has 0 bridgehead atoms. The molecule has 0 spiro atoms. The molecule has 1 atom stereocenters. The van der Waals surface area contributed by atoms with Gasteiger partial charge in [0.2, 0.25) is 0 Å². The Morgan fingerprint density at radius 3 is 2.93 bits per heavy atom. The van der Waals surface area contributed by atoms with Gasteiger partial charge in [0.15, 0.2) is 0 Å². The fourth-order valence-electron chi connectivity index (χ4n) is 1.85. The molecule has 2 N–H and O–H groups in total. The van der Waals surface area contributed by atoms with E-state index < -0.39 is 0 Å². The number of hydrogen-bond acceptors (Lipinski definition) is 3. The second-order valence-electron chi connectivity index (χ2n) is 3.93. The van der Waals surface area contributed by atoms with E-state index in [0.717, 1.165) is 35.8 Å². The maximum Gasteiger partial charge on any atom is 0.0978 e. The molecule has 3 nitrogen and oxygen atoms in total. The molecule has 1 saturated heterocycles. The minimum Gasteiger partial charge on any atom is -0.369 e. The van der Waals surface area contributed by atoms with Crippen molar-refractivity contribution in [3.8, 4) is 0 Å². The first-order chi connectivity index (χ1) is 7.20. The number of aryl methyl sites for hydroxylation is 1. The highest BCUT2D eigenvalue weighted by atomic mass is 35.5. The Kier molecular flexibility index (Phi) is 3.14. The fraction of sp³-hybridized carbons (Fsp3) is 0.455. The van der Waals surface area contributed by atoms with Crippen molar-refractivity contribution in [2.45, 2.75) is 19.4 Å². The maximum atomic E-state index is 6.08. The molecule has 1 heterocycles. The molecule has 1 aromatic carbocycles. The number of nitrogens with zero attached hydrogens (tertiary/aromatic N) is 1. The van der Waals surface area contributed by atoms with Crippen LogP contribution in [0.1, 0.15) is 12.0 Å². The van der Waals surface area contributed by atoms with Crippen LogP contribution in [0.15, 0.2) is 18.2 Å². The predicted octanol–water partition coefficient (Wildman–Crippen LogP) is 2.12. The average molecular weight is 227 g/mol. The third-order valence-corrected chi connectivity index (χ3v) is 3.27. The predicted molar refractivity (Wildman–Crippen MR) is 62.1 cm³/mol. The van der Waals surface area contributed by atoms with Crippen LogP contribution in [-0.2, 0) is 4.84 Å². The molecule has 1 aromatic rings. The van der Waals surface area contributed by atoms with Crippen molar-refractivity contribution in [3.63, 3.8) is 0 Å². The average Bonchev–Trinajstić information content (AvgIpc) is 2.70. The van der Waals surface area contributed by atoms with Crippen molar-refractivity contribution < 1.29 is 4.84 Å². The highest BCUT2D eigenvalue weighted by molar-refractivity contribution is 6.31. The molecule has 1 fully saturated rings. The van der Waals surface area contributed by atoms with E-state index in [4.69, 9.17) is 22.3 Å². The summed E-state index contributed by atoms with van der Waals surface area (Å²) in [6.45, 7) is 3.82. The first kappa shape index (κ1) is 10.7. The molecule has 0 radical (unpaired) electrons. The molecule has 0 saturated carbocycles. The van der Waals surface area contributed by atoms with E-state index in [1.165, 1.54) is 0 Å². The smallest absolute Gasteiger partial charge is 0.0978 e. The Labute approximate surface area is 94.7 Å². The quantitative estimate of drug-likeness (QED) is 0.786. The monoisotopic (exact) mass is 226 g/mol. The van der Waals surface area contributed by atoms with Crippen molar-refractivity contribution in [2.75, 3.05) is 18.0 Å². The number of halogens is 1. The third kappa shape index (κ3) is 2.25.